The van der Waals surface area contributed by atoms with Gasteiger partial charge in [-0.2, -0.15) is 0 Å². The molecule has 0 bridgehead atoms. The van der Waals surface area contributed by atoms with E-state index in [1.165, 1.54) is 6.42 Å². The van der Waals surface area contributed by atoms with Crippen molar-refractivity contribution < 1.29 is 4.79 Å². The quantitative estimate of drug-likeness (QED) is 0.800. The van der Waals surface area contributed by atoms with E-state index in [1.807, 2.05) is 18.7 Å². The number of rotatable bonds is 3. The van der Waals surface area contributed by atoms with Gasteiger partial charge >= 0.3 is 0 Å². The lowest BCUT2D eigenvalue weighted by atomic mass is 9.79. The predicted molar refractivity (Wildman–Crippen MR) is 67.0 cm³/mol. The first-order chi connectivity index (χ1) is 7.39. The highest BCUT2D eigenvalue weighted by atomic mass is 16.2. The molecule has 3 nitrogen and oxygen atoms in total. The van der Waals surface area contributed by atoms with Crippen molar-refractivity contribution in [2.45, 2.75) is 53.0 Å². The smallest absolute Gasteiger partial charge is 0.226 e. The van der Waals surface area contributed by atoms with Gasteiger partial charge in [0.1, 0.15) is 0 Å². The molecule has 0 aliphatic carbocycles. The molecule has 1 saturated heterocycles. The zero-order chi connectivity index (χ0) is 12.3. The zero-order valence-electron chi connectivity index (χ0n) is 11.1. The van der Waals surface area contributed by atoms with Crippen LogP contribution in [-0.4, -0.2) is 29.9 Å². The van der Waals surface area contributed by atoms with Crippen LogP contribution in [0, 0.1) is 11.3 Å². The molecule has 0 aromatic rings. The third-order valence-electron chi connectivity index (χ3n) is 4.12. The molecule has 3 unspecified atom stereocenters. The van der Waals surface area contributed by atoms with Crippen LogP contribution in [-0.2, 0) is 4.79 Å². The Kier molecular flexibility index (Phi) is 4.36. The highest BCUT2D eigenvalue weighted by Crippen LogP contribution is 2.33. The van der Waals surface area contributed by atoms with Gasteiger partial charge in [0, 0.05) is 19.1 Å². The Labute approximate surface area is 99.4 Å². The minimum atomic E-state index is -0.0563. The van der Waals surface area contributed by atoms with Crippen LogP contribution < -0.4 is 5.73 Å². The highest BCUT2D eigenvalue weighted by Gasteiger charge is 2.33. The van der Waals surface area contributed by atoms with Gasteiger partial charge in [-0.25, -0.2) is 0 Å². The monoisotopic (exact) mass is 226 g/mol. The average Bonchev–Trinajstić information content (AvgIpc) is 2.27. The van der Waals surface area contributed by atoms with Crippen LogP contribution >= 0.6 is 0 Å². The molecular weight excluding hydrogens is 200 g/mol. The van der Waals surface area contributed by atoms with Gasteiger partial charge in [0.05, 0.1) is 5.92 Å². The van der Waals surface area contributed by atoms with E-state index in [1.54, 1.807) is 0 Å². The summed E-state index contributed by atoms with van der Waals surface area (Å²) in [6, 6.07) is -0.0534. The predicted octanol–water partition coefficient (Wildman–Crippen LogP) is 2.01. The Morgan fingerprint density at radius 1 is 1.50 bits per heavy atom. The number of hydrogen-bond acceptors (Lipinski definition) is 2. The van der Waals surface area contributed by atoms with Crippen molar-refractivity contribution in [1.82, 2.24) is 4.90 Å². The molecule has 1 rings (SSSR count). The van der Waals surface area contributed by atoms with Gasteiger partial charge in [-0.05, 0) is 31.6 Å². The molecule has 94 valence electrons. The fraction of sp³-hybridized carbons (Fsp3) is 0.923. The van der Waals surface area contributed by atoms with Crippen molar-refractivity contribution >= 4 is 5.91 Å². The zero-order valence-corrected chi connectivity index (χ0v) is 11.1. The van der Waals surface area contributed by atoms with E-state index in [0.717, 1.165) is 25.9 Å². The maximum absolute atomic E-state index is 12.2. The molecule has 3 heteroatoms. The minimum absolute atomic E-state index is 0.0534. The van der Waals surface area contributed by atoms with Crippen LogP contribution in [0.2, 0.25) is 0 Å². The molecule has 1 heterocycles. The average molecular weight is 226 g/mol. The summed E-state index contributed by atoms with van der Waals surface area (Å²) in [5, 5.41) is 0. The highest BCUT2D eigenvalue weighted by molar-refractivity contribution is 5.79. The number of amides is 1. The first kappa shape index (κ1) is 13.5. The van der Waals surface area contributed by atoms with E-state index in [9.17, 15) is 4.79 Å². The van der Waals surface area contributed by atoms with Crippen LogP contribution in [0.4, 0.5) is 0 Å². The summed E-state index contributed by atoms with van der Waals surface area (Å²) in [6.45, 7) is 10.1. The summed E-state index contributed by atoms with van der Waals surface area (Å²) < 4.78 is 0. The Balaban J connectivity index is 2.64. The lowest BCUT2D eigenvalue weighted by Crippen LogP contribution is -2.49. The third-order valence-corrected chi connectivity index (χ3v) is 4.12. The lowest BCUT2D eigenvalue weighted by molar-refractivity contribution is -0.138. The largest absolute Gasteiger partial charge is 0.342 e. The van der Waals surface area contributed by atoms with Gasteiger partial charge in [-0.1, -0.05) is 20.8 Å². The molecular formula is C13H26N2O. The van der Waals surface area contributed by atoms with E-state index in [2.05, 4.69) is 13.8 Å². The SMILES string of the molecule is CCC1(C)CCCN(C(=O)C(C)C(C)N)C1. The van der Waals surface area contributed by atoms with Crippen molar-refractivity contribution in [3.8, 4) is 0 Å². The molecule has 0 spiro atoms. The van der Waals surface area contributed by atoms with E-state index in [4.69, 9.17) is 5.73 Å². The molecule has 0 aromatic carbocycles. The fourth-order valence-corrected chi connectivity index (χ4v) is 2.31. The number of carbonyl (C=O) groups is 1. The van der Waals surface area contributed by atoms with E-state index in [-0.39, 0.29) is 17.9 Å². The maximum atomic E-state index is 12.2. The van der Waals surface area contributed by atoms with Crippen molar-refractivity contribution in [3.05, 3.63) is 0 Å². The van der Waals surface area contributed by atoms with Crippen LogP contribution in [0.15, 0.2) is 0 Å². The van der Waals surface area contributed by atoms with Gasteiger partial charge < -0.3 is 10.6 Å². The Morgan fingerprint density at radius 3 is 2.62 bits per heavy atom. The molecule has 2 N–H and O–H groups in total. The molecule has 1 fully saturated rings. The van der Waals surface area contributed by atoms with Gasteiger partial charge in [-0.3, -0.25) is 4.79 Å². The van der Waals surface area contributed by atoms with Crippen LogP contribution in [0.3, 0.4) is 0 Å². The van der Waals surface area contributed by atoms with E-state index >= 15 is 0 Å². The summed E-state index contributed by atoms with van der Waals surface area (Å²) in [6.07, 6.45) is 3.50. The van der Waals surface area contributed by atoms with Crippen LogP contribution in [0.1, 0.15) is 47.0 Å². The molecule has 0 saturated carbocycles. The van der Waals surface area contributed by atoms with Crippen molar-refractivity contribution in [3.63, 3.8) is 0 Å². The number of hydrogen-bond donors (Lipinski definition) is 1. The summed E-state index contributed by atoms with van der Waals surface area (Å²) in [5.41, 5.74) is 6.11. The summed E-state index contributed by atoms with van der Waals surface area (Å²) in [5.74, 6) is 0.175. The summed E-state index contributed by atoms with van der Waals surface area (Å²) >= 11 is 0. The second kappa shape index (κ2) is 5.17. The van der Waals surface area contributed by atoms with Gasteiger partial charge in [0.2, 0.25) is 5.91 Å². The molecule has 3 atom stereocenters. The number of likely N-dealkylation sites (tertiary alicyclic amines) is 1. The first-order valence-electron chi connectivity index (χ1n) is 6.44. The molecule has 1 aliphatic heterocycles. The van der Waals surface area contributed by atoms with Crippen molar-refractivity contribution in [2.24, 2.45) is 17.1 Å². The molecule has 0 aromatic heterocycles. The second-order valence-corrected chi connectivity index (χ2v) is 5.68. The molecule has 0 radical (unpaired) electrons. The van der Waals surface area contributed by atoms with Crippen LogP contribution in [0.25, 0.3) is 0 Å². The summed E-state index contributed by atoms with van der Waals surface area (Å²) in [7, 11) is 0. The number of nitrogens with zero attached hydrogens (tertiary/aromatic N) is 1. The Morgan fingerprint density at radius 2 is 2.12 bits per heavy atom. The first-order valence-corrected chi connectivity index (χ1v) is 6.44. The fourth-order valence-electron chi connectivity index (χ4n) is 2.31. The van der Waals surface area contributed by atoms with Gasteiger partial charge in [0.15, 0.2) is 0 Å². The molecule has 16 heavy (non-hydrogen) atoms. The minimum Gasteiger partial charge on any atom is -0.342 e. The summed E-state index contributed by atoms with van der Waals surface area (Å²) in [4.78, 5) is 14.2. The maximum Gasteiger partial charge on any atom is 0.226 e. The van der Waals surface area contributed by atoms with Crippen molar-refractivity contribution in [1.29, 1.82) is 0 Å². The standard InChI is InChI=1S/C13H26N2O/c1-5-13(4)7-6-8-15(9-13)12(16)10(2)11(3)14/h10-11H,5-9,14H2,1-4H3. The molecule has 1 aliphatic rings. The normalized spacial score (nSPS) is 29.9. The van der Waals surface area contributed by atoms with E-state index < -0.39 is 0 Å². The van der Waals surface area contributed by atoms with Gasteiger partial charge in [-0.15, -0.1) is 0 Å². The number of piperidine rings is 1. The van der Waals surface area contributed by atoms with Crippen molar-refractivity contribution in [2.75, 3.05) is 13.1 Å². The van der Waals surface area contributed by atoms with Crippen LogP contribution in [0.5, 0.6) is 0 Å². The Hall–Kier alpha value is -0.570. The molecule has 1 amide bonds. The van der Waals surface area contributed by atoms with E-state index in [0.29, 0.717) is 5.41 Å². The number of carbonyl (C=O) groups excluding carboxylic acids is 1. The lowest BCUT2D eigenvalue weighted by Gasteiger charge is -2.41. The second-order valence-electron chi connectivity index (χ2n) is 5.68. The third kappa shape index (κ3) is 2.97. The Bertz CT molecular complexity index is 252. The topological polar surface area (TPSA) is 46.3 Å². The number of nitrogens with two attached hydrogens (primary N) is 1. The van der Waals surface area contributed by atoms with Gasteiger partial charge in [0.25, 0.3) is 0 Å².